The number of piperazine rings is 1. The van der Waals surface area contributed by atoms with Crippen LogP contribution in [0.15, 0.2) is 18.2 Å². The Bertz CT molecular complexity index is 554. The molecule has 0 unspecified atom stereocenters. The molecule has 0 saturated carbocycles. The van der Waals surface area contributed by atoms with E-state index in [4.69, 9.17) is 4.74 Å². The van der Waals surface area contributed by atoms with Gasteiger partial charge in [-0.1, -0.05) is 6.07 Å². The molecule has 22 heavy (non-hydrogen) atoms. The van der Waals surface area contributed by atoms with Gasteiger partial charge >= 0.3 is 5.97 Å². The summed E-state index contributed by atoms with van der Waals surface area (Å²) in [6.45, 7) is 6.14. The van der Waals surface area contributed by atoms with Crippen molar-refractivity contribution in [3.63, 3.8) is 0 Å². The van der Waals surface area contributed by atoms with Crippen molar-refractivity contribution >= 4 is 11.7 Å². The topological polar surface area (TPSA) is 75.9 Å². The van der Waals surface area contributed by atoms with Crippen molar-refractivity contribution in [3.8, 4) is 0 Å². The Balaban J connectivity index is 2.16. The van der Waals surface area contributed by atoms with Crippen molar-refractivity contribution in [3.05, 3.63) is 39.4 Å². The minimum atomic E-state index is -0.531. The maximum Gasteiger partial charge on any atom is 0.338 e. The maximum atomic E-state index is 11.7. The first-order valence-corrected chi connectivity index (χ1v) is 7.36. The molecule has 1 fully saturated rings. The van der Waals surface area contributed by atoms with Gasteiger partial charge in [-0.2, -0.15) is 0 Å². The van der Waals surface area contributed by atoms with Crippen molar-refractivity contribution in [2.75, 3.05) is 39.8 Å². The summed E-state index contributed by atoms with van der Waals surface area (Å²) in [6, 6.07) is 4.56. The predicted molar refractivity (Wildman–Crippen MR) is 81.8 cm³/mol. The summed E-state index contributed by atoms with van der Waals surface area (Å²) in [4.78, 5) is 27.0. The zero-order valence-corrected chi connectivity index (χ0v) is 12.9. The Morgan fingerprint density at radius 2 is 2.00 bits per heavy atom. The number of carbonyl (C=O) groups excluding carboxylic acids is 1. The quantitative estimate of drug-likeness (QED) is 0.466. The second kappa shape index (κ2) is 7.33. The number of benzene rings is 1. The number of esters is 1. The van der Waals surface area contributed by atoms with Crippen molar-refractivity contribution < 1.29 is 14.5 Å². The number of carbonyl (C=O) groups is 1. The van der Waals surface area contributed by atoms with Gasteiger partial charge in [0.1, 0.15) is 0 Å². The normalized spacial score (nSPS) is 16.5. The fraction of sp³-hybridized carbons (Fsp3) is 0.533. The molecule has 1 heterocycles. The van der Waals surface area contributed by atoms with Gasteiger partial charge in [0.25, 0.3) is 5.69 Å². The van der Waals surface area contributed by atoms with E-state index < -0.39 is 10.9 Å². The van der Waals surface area contributed by atoms with E-state index in [2.05, 4.69) is 16.8 Å². The van der Waals surface area contributed by atoms with Crippen LogP contribution in [0, 0.1) is 10.1 Å². The van der Waals surface area contributed by atoms with Crippen molar-refractivity contribution in [2.24, 2.45) is 0 Å². The van der Waals surface area contributed by atoms with Crippen molar-refractivity contribution in [2.45, 2.75) is 13.5 Å². The lowest BCUT2D eigenvalue weighted by atomic mass is 10.1. The van der Waals surface area contributed by atoms with Crippen LogP contribution >= 0.6 is 0 Å². The Kier molecular flexibility index (Phi) is 5.46. The first-order valence-electron chi connectivity index (χ1n) is 7.36. The molecule has 7 nitrogen and oxygen atoms in total. The van der Waals surface area contributed by atoms with Crippen molar-refractivity contribution in [1.29, 1.82) is 0 Å². The minimum Gasteiger partial charge on any atom is -0.462 e. The fourth-order valence-electron chi connectivity index (χ4n) is 2.46. The van der Waals surface area contributed by atoms with E-state index >= 15 is 0 Å². The van der Waals surface area contributed by atoms with E-state index in [1.807, 2.05) is 0 Å². The molecule has 1 aromatic carbocycles. The second-order valence-corrected chi connectivity index (χ2v) is 5.40. The van der Waals surface area contributed by atoms with Gasteiger partial charge in [0.05, 0.1) is 17.1 Å². The summed E-state index contributed by atoms with van der Waals surface area (Å²) in [7, 11) is 2.06. The largest absolute Gasteiger partial charge is 0.462 e. The van der Waals surface area contributed by atoms with Gasteiger partial charge in [0, 0.05) is 44.4 Å². The smallest absolute Gasteiger partial charge is 0.338 e. The summed E-state index contributed by atoms with van der Waals surface area (Å²) in [6.07, 6.45) is 0. The van der Waals surface area contributed by atoms with Crippen LogP contribution in [-0.2, 0) is 11.3 Å². The summed E-state index contributed by atoms with van der Waals surface area (Å²) in [5, 5.41) is 11.3. The van der Waals surface area contributed by atoms with Crippen LogP contribution in [0.2, 0.25) is 0 Å². The summed E-state index contributed by atoms with van der Waals surface area (Å²) in [5.41, 5.74) is 0.822. The molecular weight excluding hydrogens is 286 g/mol. The highest BCUT2D eigenvalue weighted by atomic mass is 16.6. The average molecular weight is 307 g/mol. The molecule has 0 atom stereocenters. The summed E-state index contributed by atoms with van der Waals surface area (Å²) in [5.74, 6) is -0.531. The van der Waals surface area contributed by atoms with Gasteiger partial charge in [-0.3, -0.25) is 15.0 Å². The summed E-state index contributed by atoms with van der Waals surface area (Å²) < 4.78 is 4.89. The molecule has 0 spiro atoms. The van der Waals surface area contributed by atoms with Crippen molar-refractivity contribution in [1.82, 2.24) is 9.80 Å². The van der Waals surface area contributed by atoms with Crippen LogP contribution in [-0.4, -0.2) is 60.5 Å². The SMILES string of the molecule is CCOC(=O)c1ccc(CN2CCN(C)CC2)c([N+](=O)[O-])c1. The number of rotatable bonds is 5. The fourth-order valence-corrected chi connectivity index (χ4v) is 2.46. The molecule has 0 bridgehead atoms. The number of nitrogens with zero attached hydrogens (tertiary/aromatic N) is 3. The second-order valence-electron chi connectivity index (χ2n) is 5.40. The van der Waals surface area contributed by atoms with Crippen LogP contribution in [0.4, 0.5) is 5.69 Å². The van der Waals surface area contributed by atoms with Gasteiger partial charge in [-0.25, -0.2) is 4.79 Å². The minimum absolute atomic E-state index is 0.0236. The highest BCUT2D eigenvalue weighted by molar-refractivity contribution is 5.90. The van der Waals surface area contributed by atoms with Gasteiger partial charge in [0.15, 0.2) is 0 Å². The molecule has 0 aromatic heterocycles. The van der Waals surface area contributed by atoms with E-state index in [1.165, 1.54) is 6.07 Å². The zero-order chi connectivity index (χ0) is 16.1. The Labute approximate surface area is 129 Å². The van der Waals surface area contributed by atoms with E-state index in [-0.39, 0.29) is 17.9 Å². The Morgan fingerprint density at radius 3 is 2.59 bits per heavy atom. The third kappa shape index (κ3) is 4.02. The zero-order valence-electron chi connectivity index (χ0n) is 12.9. The van der Waals surface area contributed by atoms with Gasteiger partial charge in [-0.05, 0) is 20.0 Å². The lowest BCUT2D eigenvalue weighted by Crippen LogP contribution is -2.43. The average Bonchev–Trinajstić information content (AvgIpc) is 2.50. The molecule has 0 N–H and O–H groups in total. The third-order valence-corrected chi connectivity index (χ3v) is 3.78. The van der Waals surface area contributed by atoms with Crippen LogP contribution in [0.3, 0.4) is 0 Å². The standard InChI is InChI=1S/C15H21N3O4/c1-3-22-15(19)12-4-5-13(14(10-12)18(20)21)11-17-8-6-16(2)7-9-17/h4-5,10H,3,6-9,11H2,1-2H3. The number of likely N-dealkylation sites (N-methyl/N-ethyl adjacent to an activating group) is 1. The molecule has 2 rings (SSSR count). The van der Waals surface area contributed by atoms with Crippen LogP contribution < -0.4 is 0 Å². The molecule has 1 saturated heterocycles. The molecule has 0 amide bonds. The van der Waals surface area contributed by atoms with E-state index in [9.17, 15) is 14.9 Å². The van der Waals surface area contributed by atoms with Crippen LogP contribution in [0.25, 0.3) is 0 Å². The molecule has 1 aromatic rings. The lowest BCUT2D eigenvalue weighted by Gasteiger charge is -2.32. The maximum absolute atomic E-state index is 11.7. The number of hydrogen-bond donors (Lipinski definition) is 0. The van der Waals surface area contributed by atoms with E-state index in [0.29, 0.717) is 12.1 Å². The number of nitro groups is 1. The van der Waals surface area contributed by atoms with Crippen LogP contribution in [0.5, 0.6) is 0 Å². The number of ether oxygens (including phenoxy) is 1. The third-order valence-electron chi connectivity index (χ3n) is 3.78. The Hall–Kier alpha value is -1.99. The number of nitro benzene ring substituents is 1. The first-order chi connectivity index (χ1) is 10.5. The van der Waals surface area contributed by atoms with Crippen LogP contribution in [0.1, 0.15) is 22.8 Å². The molecule has 120 valence electrons. The molecular formula is C15H21N3O4. The predicted octanol–water partition coefficient (Wildman–Crippen LogP) is 1.52. The molecule has 0 aliphatic carbocycles. The molecule has 0 radical (unpaired) electrons. The van der Waals surface area contributed by atoms with E-state index in [1.54, 1.807) is 19.1 Å². The van der Waals surface area contributed by atoms with Gasteiger partial charge in [-0.15, -0.1) is 0 Å². The van der Waals surface area contributed by atoms with Gasteiger partial charge < -0.3 is 9.64 Å². The Morgan fingerprint density at radius 1 is 1.32 bits per heavy atom. The number of hydrogen-bond acceptors (Lipinski definition) is 6. The molecule has 1 aliphatic heterocycles. The van der Waals surface area contributed by atoms with E-state index in [0.717, 1.165) is 26.2 Å². The monoisotopic (exact) mass is 307 g/mol. The molecule has 1 aliphatic rings. The van der Waals surface area contributed by atoms with Gasteiger partial charge in [0.2, 0.25) is 0 Å². The molecule has 7 heteroatoms. The summed E-state index contributed by atoms with van der Waals surface area (Å²) >= 11 is 0. The highest BCUT2D eigenvalue weighted by Crippen LogP contribution is 2.23. The first kappa shape index (κ1) is 16.4. The lowest BCUT2D eigenvalue weighted by molar-refractivity contribution is -0.385. The highest BCUT2D eigenvalue weighted by Gasteiger charge is 2.21.